The van der Waals surface area contributed by atoms with Crippen molar-refractivity contribution in [1.82, 2.24) is 20.2 Å². The third kappa shape index (κ3) is 4.11. The first-order valence-electron chi connectivity index (χ1n) is 9.18. The Morgan fingerprint density at radius 3 is 2.46 bits per heavy atom. The summed E-state index contributed by atoms with van der Waals surface area (Å²) in [6.07, 6.45) is 3.70. The van der Waals surface area contributed by atoms with E-state index >= 15 is 0 Å². The highest BCUT2D eigenvalue weighted by atomic mass is 35.5. The number of nitrogens with one attached hydrogen (secondary N) is 1. The summed E-state index contributed by atoms with van der Waals surface area (Å²) in [5.41, 5.74) is 2.40. The van der Waals surface area contributed by atoms with Crippen LogP contribution in [-0.4, -0.2) is 33.3 Å². The van der Waals surface area contributed by atoms with E-state index in [1.54, 1.807) is 4.90 Å². The molecule has 0 aliphatic carbocycles. The molecule has 26 heavy (non-hydrogen) atoms. The highest BCUT2D eigenvalue weighted by molar-refractivity contribution is 6.30. The Hall–Kier alpha value is -2.24. The van der Waals surface area contributed by atoms with E-state index < -0.39 is 0 Å². The van der Waals surface area contributed by atoms with E-state index in [-0.39, 0.29) is 0 Å². The van der Waals surface area contributed by atoms with Gasteiger partial charge in [0.1, 0.15) is 6.54 Å². The summed E-state index contributed by atoms with van der Waals surface area (Å²) in [5, 5.41) is 13.0. The van der Waals surface area contributed by atoms with E-state index in [4.69, 9.17) is 11.6 Å². The lowest BCUT2D eigenvalue weighted by molar-refractivity contribution is -0.920. The van der Waals surface area contributed by atoms with Gasteiger partial charge in [-0.25, -0.2) is 0 Å². The van der Waals surface area contributed by atoms with Crippen LogP contribution in [0, 0.1) is 5.92 Å². The number of halogens is 1. The first kappa shape index (κ1) is 17.2. The minimum absolute atomic E-state index is 0.717. The molecule has 4 rings (SSSR count). The molecule has 0 bridgehead atoms. The van der Waals surface area contributed by atoms with E-state index in [9.17, 15) is 0 Å². The molecule has 0 radical (unpaired) electrons. The average Bonchev–Trinajstić information content (AvgIpc) is 3.13. The van der Waals surface area contributed by atoms with Crippen LogP contribution in [-0.2, 0) is 13.0 Å². The van der Waals surface area contributed by atoms with Gasteiger partial charge in [0.05, 0.1) is 18.8 Å². The van der Waals surface area contributed by atoms with Crippen molar-refractivity contribution in [2.75, 3.05) is 13.1 Å². The standard InChI is InChI=1S/C20H22ClN5/c21-18-6-8-19(9-7-18)26-20(22-23-24-26)15-25-12-10-17(11-13-25)14-16-4-2-1-3-5-16/h1-9,17H,10-15H2/p+1. The topological polar surface area (TPSA) is 48.0 Å². The molecule has 2 heterocycles. The van der Waals surface area contributed by atoms with Crippen molar-refractivity contribution in [3.63, 3.8) is 0 Å². The number of aromatic nitrogens is 4. The van der Waals surface area contributed by atoms with Crippen LogP contribution >= 0.6 is 11.6 Å². The van der Waals surface area contributed by atoms with Crippen molar-refractivity contribution in [2.45, 2.75) is 25.8 Å². The molecule has 6 heteroatoms. The van der Waals surface area contributed by atoms with E-state index in [1.807, 2.05) is 28.9 Å². The van der Waals surface area contributed by atoms with Gasteiger partial charge in [-0.15, -0.1) is 5.10 Å². The second kappa shape index (κ2) is 7.98. The van der Waals surface area contributed by atoms with Crippen molar-refractivity contribution in [3.05, 3.63) is 71.0 Å². The first-order valence-corrected chi connectivity index (χ1v) is 9.56. The molecule has 0 amide bonds. The van der Waals surface area contributed by atoms with Gasteiger partial charge in [0.15, 0.2) is 0 Å². The van der Waals surface area contributed by atoms with E-state index in [0.29, 0.717) is 0 Å². The highest BCUT2D eigenvalue weighted by Crippen LogP contribution is 2.17. The number of quaternary nitrogens is 1. The molecule has 0 atom stereocenters. The minimum Gasteiger partial charge on any atom is -0.328 e. The summed E-state index contributed by atoms with van der Waals surface area (Å²) in [7, 11) is 0. The minimum atomic E-state index is 0.717. The molecule has 0 unspecified atom stereocenters. The third-order valence-corrected chi connectivity index (χ3v) is 5.44. The van der Waals surface area contributed by atoms with Gasteiger partial charge in [0, 0.05) is 5.02 Å². The van der Waals surface area contributed by atoms with Gasteiger partial charge < -0.3 is 4.90 Å². The van der Waals surface area contributed by atoms with Crippen LogP contribution in [0.3, 0.4) is 0 Å². The second-order valence-corrected chi connectivity index (χ2v) is 7.48. The van der Waals surface area contributed by atoms with Crippen LogP contribution in [0.15, 0.2) is 54.6 Å². The first-order chi connectivity index (χ1) is 12.8. The fraction of sp³-hybridized carbons (Fsp3) is 0.350. The van der Waals surface area contributed by atoms with Crippen LogP contribution in [0.2, 0.25) is 5.02 Å². The SMILES string of the molecule is Clc1ccc(-n2nnnc2C[NH+]2CCC(Cc3ccccc3)CC2)cc1. The molecule has 5 nitrogen and oxygen atoms in total. The number of nitrogens with zero attached hydrogens (tertiary/aromatic N) is 4. The number of likely N-dealkylation sites (tertiary alicyclic amines) is 1. The maximum atomic E-state index is 5.98. The number of piperidine rings is 1. The van der Waals surface area contributed by atoms with Gasteiger partial charge >= 0.3 is 0 Å². The van der Waals surface area contributed by atoms with Gasteiger partial charge in [-0.05, 0) is 65.4 Å². The van der Waals surface area contributed by atoms with Crippen LogP contribution < -0.4 is 4.90 Å². The second-order valence-electron chi connectivity index (χ2n) is 7.04. The predicted molar refractivity (Wildman–Crippen MR) is 101 cm³/mol. The molecule has 1 aromatic heterocycles. The Bertz CT molecular complexity index is 823. The number of hydrogen-bond acceptors (Lipinski definition) is 3. The maximum absolute atomic E-state index is 5.98. The van der Waals surface area contributed by atoms with Gasteiger partial charge in [-0.3, -0.25) is 0 Å². The predicted octanol–water partition coefficient (Wildman–Crippen LogP) is 2.35. The fourth-order valence-corrected chi connectivity index (χ4v) is 3.86. The van der Waals surface area contributed by atoms with Gasteiger partial charge in [0.2, 0.25) is 5.82 Å². The molecule has 134 valence electrons. The summed E-state index contributed by atoms with van der Waals surface area (Å²) < 4.78 is 1.82. The van der Waals surface area contributed by atoms with E-state index in [2.05, 4.69) is 45.9 Å². The molecule has 3 aromatic rings. The Morgan fingerprint density at radius 2 is 1.73 bits per heavy atom. The lowest BCUT2D eigenvalue weighted by Crippen LogP contribution is -3.11. The summed E-state index contributed by atoms with van der Waals surface area (Å²) >= 11 is 5.98. The van der Waals surface area contributed by atoms with E-state index in [0.717, 1.165) is 29.0 Å². The van der Waals surface area contributed by atoms with Crippen molar-refractivity contribution < 1.29 is 4.90 Å². The fourth-order valence-electron chi connectivity index (χ4n) is 3.74. The largest absolute Gasteiger partial charge is 0.328 e. The Balaban J connectivity index is 1.35. The maximum Gasteiger partial charge on any atom is 0.210 e. The lowest BCUT2D eigenvalue weighted by atomic mass is 9.90. The van der Waals surface area contributed by atoms with E-state index in [1.165, 1.54) is 37.9 Å². The van der Waals surface area contributed by atoms with Gasteiger partial charge in [0.25, 0.3) is 0 Å². The van der Waals surface area contributed by atoms with Crippen molar-refractivity contribution >= 4 is 11.6 Å². The average molecular weight is 369 g/mol. The quantitative estimate of drug-likeness (QED) is 0.752. The Morgan fingerprint density at radius 1 is 1.00 bits per heavy atom. The number of tetrazole rings is 1. The summed E-state index contributed by atoms with van der Waals surface area (Å²) in [6, 6.07) is 18.4. The molecule has 2 aromatic carbocycles. The van der Waals surface area contributed by atoms with Gasteiger partial charge in [-0.2, -0.15) is 4.68 Å². The number of benzene rings is 2. The molecule has 1 aliphatic rings. The van der Waals surface area contributed by atoms with Crippen LogP contribution in [0.25, 0.3) is 5.69 Å². The van der Waals surface area contributed by atoms with Crippen LogP contribution in [0.5, 0.6) is 0 Å². The summed E-state index contributed by atoms with van der Waals surface area (Å²) in [5.74, 6) is 1.69. The molecular weight excluding hydrogens is 346 g/mol. The normalized spacial score (nSPS) is 20.2. The zero-order chi connectivity index (χ0) is 17.8. The van der Waals surface area contributed by atoms with Crippen LogP contribution in [0.4, 0.5) is 0 Å². The molecular formula is C20H23ClN5+. The molecule has 1 saturated heterocycles. The summed E-state index contributed by atoms with van der Waals surface area (Å²) in [4.78, 5) is 1.55. The van der Waals surface area contributed by atoms with Crippen LogP contribution in [0.1, 0.15) is 24.2 Å². The van der Waals surface area contributed by atoms with Gasteiger partial charge in [-0.1, -0.05) is 41.9 Å². The van der Waals surface area contributed by atoms with Crippen molar-refractivity contribution in [3.8, 4) is 5.69 Å². The monoisotopic (exact) mass is 368 g/mol. The molecule has 0 spiro atoms. The smallest absolute Gasteiger partial charge is 0.210 e. The molecule has 1 aliphatic heterocycles. The zero-order valence-corrected chi connectivity index (χ0v) is 15.4. The Labute approximate surface area is 158 Å². The Kier molecular flexibility index (Phi) is 5.27. The highest BCUT2D eigenvalue weighted by Gasteiger charge is 2.24. The zero-order valence-electron chi connectivity index (χ0n) is 14.7. The van der Waals surface area contributed by atoms with Crippen molar-refractivity contribution in [2.24, 2.45) is 5.92 Å². The number of hydrogen-bond donors (Lipinski definition) is 1. The van der Waals surface area contributed by atoms with Crippen molar-refractivity contribution in [1.29, 1.82) is 0 Å². The summed E-state index contributed by atoms with van der Waals surface area (Å²) in [6.45, 7) is 3.20. The number of rotatable bonds is 5. The molecule has 1 N–H and O–H groups in total. The molecule has 0 saturated carbocycles. The third-order valence-electron chi connectivity index (χ3n) is 5.19. The lowest BCUT2D eigenvalue weighted by Gasteiger charge is -2.29. The molecule has 1 fully saturated rings.